The maximum atomic E-state index is 11.8. The van der Waals surface area contributed by atoms with E-state index >= 15 is 0 Å². The monoisotopic (exact) mass is 339 g/mol. The van der Waals surface area contributed by atoms with E-state index in [1.165, 1.54) is 0 Å². The van der Waals surface area contributed by atoms with Gasteiger partial charge in [0.1, 0.15) is 6.61 Å². The second-order valence-electron chi connectivity index (χ2n) is 5.04. The molecular weight excluding hydrogens is 322 g/mol. The van der Waals surface area contributed by atoms with Gasteiger partial charge in [0.2, 0.25) is 0 Å². The quantitative estimate of drug-likeness (QED) is 0.776. The Labute approximate surface area is 127 Å². The van der Waals surface area contributed by atoms with E-state index in [4.69, 9.17) is 4.74 Å². The van der Waals surface area contributed by atoms with Gasteiger partial charge in [-0.2, -0.15) is 0 Å². The van der Waals surface area contributed by atoms with Crippen LogP contribution < -0.4 is 5.32 Å². The zero-order chi connectivity index (χ0) is 14.4. The molecule has 20 heavy (non-hydrogen) atoms. The molecule has 1 N–H and O–H groups in total. The van der Waals surface area contributed by atoms with E-state index in [-0.39, 0.29) is 17.7 Å². The zero-order valence-electron chi connectivity index (χ0n) is 11.2. The molecular formula is C15H18BrNO3. The zero-order valence-corrected chi connectivity index (χ0v) is 12.8. The van der Waals surface area contributed by atoms with Crippen molar-refractivity contribution in [3.05, 3.63) is 35.9 Å². The molecule has 1 aromatic rings. The van der Waals surface area contributed by atoms with Gasteiger partial charge in [-0.1, -0.05) is 59.1 Å². The first-order valence-corrected chi connectivity index (χ1v) is 7.87. The van der Waals surface area contributed by atoms with E-state index in [0.717, 1.165) is 18.4 Å². The molecule has 0 bridgehead atoms. The number of amides is 1. The van der Waals surface area contributed by atoms with Crippen LogP contribution in [0, 0.1) is 5.92 Å². The molecule has 1 aromatic carbocycles. The summed E-state index contributed by atoms with van der Waals surface area (Å²) < 4.78 is 5.14. The summed E-state index contributed by atoms with van der Waals surface area (Å²) in [4.78, 5) is 23.5. The third-order valence-electron chi connectivity index (χ3n) is 3.29. The van der Waals surface area contributed by atoms with Gasteiger partial charge in [-0.3, -0.25) is 4.79 Å². The molecule has 0 aromatic heterocycles. The van der Waals surface area contributed by atoms with E-state index in [9.17, 15) is 9.59 Å². The molecule has 0 radical (unpaired) electrons. The first-order chi connectivity index (χ1) is 9.69. The predicted molar refractivity (Wildman–Crippen MR) is 79.7 cm³/mol. The minimum Gasteiger partial charge on any atom is -0.445 e. The number of rotatable bonds is 7. The predicted octanol–water partition coefficient (Wildman–Crippen LogP) is 3.05. The summed E-state index contributed by atoms with van der Waals surface area (Å²) in [7, 11) is 0. The molecule has 2 rings (SSSR count). The molecule has 0 spiro atoms. The molecule has 0 heterocycles. The summed E-state index contributed by atoms with van der Waals surface area (Å²) in [6, 6.07) is 9.02. The van der Waals surface area contributed by atoms with Gasteiger partial charge < -0.3 is 10.1 Å². The Morgan fingerprint density at radius 1 is 1.30 bits per heavy atom. The molecule has 1 saturated carbocycles. The molecule has 1 fully saturated rings. The molecule has 1 aliphatic rings. The Bertz CT molecular complexity index is 459. The maximum absolute atomic E-state index is 11.8. The lowest BCUT2D eigenvalue weighted by molar-refractivity contribution is -0.118. The van der Waals surface area contributed by atoms with Crippen molar-refractivity contribution in [1.29, 1.82) is 0 Å². The van der Waals surface area contributed by atoms with Crippen LogP contribution in [0.25, 0.3) is 0 Å². The summed E-state index contributed by atoms with van der Waals surface area (Å²) in [5.74, 6) is 0.561. The molecule has 5 heteroatoms. The van der Waals surface area contributed by atoms with Gasteiger partial charge in [0, 0.05) is 0 Å². The molecule has 1 unspecified atom stereocenters. The Hall–Kier alpha value is -1.36. The second kappa shape index (κ2) is 7.43. The highest BCUT2D eigenvalue weighted by Gasteiger charge is 2.30. The fourth-order valence-electron chi connectivity index (χ4n) is 1.96. The normalized spacial score (nSPS) is 15.4. The number of benzene rings is 1. The topological polar surface area (TPSA) is 55.4 Å². The standard InChI is InChI=1S/C15H18BrNO3/c16-9-14(18)13(8-11-6-7-11)17-15(19)20-10-12-4-2-1-3-5-12/h1-5,11,13H,6-10H2,(H,17,19). The largest absolute Gasteiger partial charge is 0.445 e. The number of hydrogen-bond acceptors (Lipinski definition) is 3. The lowest BCUT2D eigenvalue weighted by Crippen LogP contribution is -2.42. The van der Waals surface area contributed by atoms with Gasteiger partial charge in [0.25, 0.3) is 0 Å². The highest BCUT2D eigenvalue weighted by atomic mass is 79.9. The summed E-state index contributed by atoms with van der Waals surface area (Å²) in [6.45, 7) is 0.214. The Balaban J connectivity index is 1.79. The van der Waals surface area contributed by atoms with Crippen molar-refractivity contribution in [3.8, 4) is 0 Å². The minimum absolute atomic E-state index is 0.00596. The van der Waals surface area contributed by atoms with Gasteiger partial charge in [-0.05, 0) is 17.9 Å². The average Bonchev–Trinajstić information content (AvgIpc) is 3.28. The molecule has 108 valence electrons. The molecule has 1 atom stereocenters. The molecule has 1 aliphatic carbocycles. The highest BCUT2D eigenvalue weighted by Crippen LogP contribution is 2.33. The van der Waals surface area contributed by atoms with Crippen molar-refractivity contribution in [2.75, 3.05) is 5.33 Å². The van der Waals surface area contributed by atoms with Crippen molar-refractivity contribution < 1.29 is 14.3 Å². The Morgan fingerprint density at radius 3 is 2.60 bits per heavy atom. The van der Waals surface area contributed by atoms with Gasteiger partial charge in [-0.25, -0.2) is 4.79 Å². The summed E-state index contributed by atoms with van der Waals surface area (Å²) in [5, 5.41) is 2.92. The number of Topliss-reactive ketones (excluding diaryl/α,β-unsaturated/α-hetero) is 1. The van der Waals surface area contributed by atoms with Gasteiger partial charge in [0.05, 0.1) is 11.4 Å². The van der Waals surface area contributed by atoms with E-state index in [0.29, 0.717) is 12.3 Å². The van der Waals surface area contributed by atoms with Crippen LogP contribution in [0.15, 0.2) is 30.3 Å². The first-order valence-electron chi connectivity index (χ1n) is 6.75. The van der Waals surface area contributed by atoms with Gasteiger partial charge in [0.15, 0.2) is 5.78 Å². The minimum atomic E-state index is -0.534. The number of hydrogen-bond donors (Lipinski definition) is 1. The fraction of sp³-hybridized carbons (Fsp3) is 0.467. The summed E-state index contributed by atoms with van der Waals surface area (Å²) in [5.41, 5.74) is 0.924. The Kier molecular flexibility index (Phi) is 5.59. The van der Waals surface area contributed by atoms with Gasteiger partial charge in [-0.15, -0.1) is 0 Å². The average molecular weight is 340 g/mol. The summed E-state index contributed by atoms with van der Waals surface area (Å²) >= 11 is 3.15. The van der Waals surface area contributed by atoms with Gasteiger partial charge >= 0.3 is 6.09 Å². The highest BCUT2D eigenvalue weighted by molar-refractivity contribution is 9.09. The van der Waals surface area contributed by atoms with Crippen molar-refractivity contribution in [2.45, 2.75) is 31.9 Å². The van der Waals surface area contributed by atoms with Crippen LogP contribution in [-0.4, -0.2) is 23.2 Å². The van der Waals surface area contributed by atoms with E-state index < -0.39 is 12.1 Å². The van der Waals surface area contributed by atoms with Crippen LogP contribution in [0.2, 0.25) is 0 Å². The number of carbonyl (C=O) groups excluding carboxylic acids is 2. The van der Waals surface area contributed by atoms with Crippen LogP contribution in [0.3, 0.4) is 0 Å². The Morgan fingerprint density at radius 2 is 2.00 bits per heavy atom. The van der Waals surface area contributed by atoms with Crippen molar-refractivity contribution in [1.82, 2.24) is 5.32 Å². The van der Waals surface area contributed by atoms with Crippen LogP contribution in [0.1, 0.15) is 24.8 Å². The summed E-state index contributed by atoms with van der Waals surface area (Å²) in [6.07, 6.45) is 2.47. The van der Waals surface area contributed by atoms with Crippen molar-refractivity contribution >= 4 is 27.8 Å². The van der Waals surface area contributed by atoms with E-state index in [1.54, 1.807) is 0 Å². The number of ether oxygens (including phenoxy) is 1. The van der Waals surface area contributed by atoms with Crippen molar-refractivity contribution in [3.63, 3.8) is 0 Å². The van der Waals surface area contributed by atoms with Crippen LogP contribution in [0.5, 0.6) is 0 Å². The molecule has 1 amide bonds. The van der Waals surface area contributed by atoms with Crippen LogP contribution in [-0.2, 0) is 16.1 Å². The van der Waals surface area contributed by atoms with E-state index in [2.05, 4.69) is 21.2 Å². The fourth-order valence-corrected chi connectivity index (χ4v) is 2.35. The molecule has 0 saturated heterocycles. The number of halogens is 1. The van der Waals surface area contributed by atoms with Crippen LogP contribution in [0.4, 0.5) is 4.79 Å². The van der Waals surface area contributed by atoms with Crippen molar-refractivity contribution in [2.24, 2.45) is 5.92 Å². The second-order valence-corrected chi connectivity index (χ2v) is 5.60. The SMILES string of the molecule is O=C(NC(CC1CC1)C(=O)CBr)OCc1ccccc1. The molecule has 0 aliphatic heterocycles. The number of carbonyl (C=O) groups is 2. The smallest absolute Gasteiger partial charge is 0.408 e. The third-order valence-corrected chi connectivity index (χ3v) is 3.84. The lowest BCUT2D eigenvalue weighted by Gasteiger charge is -2.16. The number of alkyl halides is 1. The van der Waals surface area contributed by atoms with Crippen LogP contribution >= 0.6 is 15.9 Å². The number of ketones is 1. The molecule has 4 nitrogen and oxygen atoms in total. The first kappa shape index (κ1) is 15.0. The number of alkyl carbamates (subject to hydrolysis) is 1. The van der Waals surface area contributed by atoms with E-state index in [1.807, 2.05) is 30.3 Å². The third kappa shape index (κ3) is 4.96. The lowest BCUT2D eigenvalue weighted by atomic mass is 10.1. The maximum Gasteiger partial charge on any atom is 0.408 e. The number of nitrogens with one attached hydrogen (secondary N) is 1.